The van der Waals surface area contributed by atoms with E-state index >= 15 is 0 Å². The second-order valence-corrected chi connectivity index (χ2v) is 8.38. The summed E-state index contributed by atoms with van der Waals surface area (Å²) in [7, 11) is 0.188. The highest BCUT2D eigenvalue weighted by Crippen LogP contribution is 2.24. The summed E-state index contributed by atoms with van der Waals surface area (Å²) in [5.74, 6) is 2.12. The maximum Gasteiger partial charge on any atom is 0.541 e. The average molecular weight is 407 g/mol. The van der Waals surface area contributed by atoms with Gasteiger partial charge in [-0.2, -0.15) is 0 Å². The molecular formula is C21H30O6Si. The lowest BCUT2D eigenvalue weighted by atomic mass is 10.2. The van der Waals surface area contributed by atoms with Crippen molar-refractivity contribution in [2.75, 3.05) is 34.0 Å². The van der Waals surface area contributed by atoms with Gasteiger partial charge in [0.15, 0.2) is 0 Å². The zero-order valence-electron chi connectivity index (χ0n) is 17.3. The molecule has 0 amide bonds. The molecule has 0 heterocycles. The Morgan fingerprint density at radius 3 is 1.79 bits per heavy atom. The standard InChI is InChI=1S/C21H30O6Si/c1-6-25-28(26-7-2,27-8-3)21-12-10-9-11-20(21)24-16-17-13-18(22-4)15-19(14-17)23-5/h9-15H,6-8,16H2,1-5H3. The van der Waals surface area contributed by atoms with E-state index in [0.717, 1.165) is 10.8 Å². The lowest BCUT2D eigenvalue weighted by molar-refractivity contribution is 0.0851. The third-order valence-electron chi connectivity index (χ3n) is 4.03. The fraction of sp³-hybridized carbons (Fsp3) is 0.429. The highest BCUT2D eigenvalue weighted by atomic mass is 28.4. The van der Waals surface area contributed by atoms with Crippen LogP contribution in [0.2, 0.25) is 0 Å². The van der Waals surface area contributed by atoms with Gasteiger partial charge >= 0.3 is 8.80 Å². The number of ether oxygens (including phenoxy) is 3. The molecule has 0 aromatic heterocycles. The molecule has 2 aromatic carbocycles. The van der Waals surface area contributed by atoms with Crippen molar-refractivity contribution >= 4 is 14.0 Å². The molecule has 154 valence electrons. The van der Waals surface area contributed by atoms with Crippen molar-refractivity contribution < 1.29 is 27.5 Å². The van der Waals surface area contributed by atoms with Gasteiger partial charge in [0, 0.05) is 25.9 Å². The summed E-state index contributed by atoms with van der Waals surface area (Å²) in [6.45, 7) is 7.64. The minimum atomic E-state index is -3.06. The van der Waals surface area contributed by atoms with E-state index in [-0.39, 0.29) is 0 Å². The maximum atomic E-state index is 6.15. The van der Waals surface area contributed by atoms with Crippen molar-refractivity contribution in [2.24, 2.45) is 0 Å². The molecule has 0 unspecified atom stereocenters. The molecular weight excluding hydrogens is 376 g/mol. The monoisotopic (exact) mass is 406 g/mol. The molecule has 0 spiro atoms. The predicted octanol–water partition coefficient (Wildman–Crippen LogP) is 3.54. The molecule has 0 bridgehead atoms. The zero-order valence-corrected chi connectivity index (χ0v) is 18.3. The van der Waals surface area contributed by atoms with Gasteiger partial charge in [-0.05, 0) is 44.5 Å². The summed E-state index contributed by atoms with van der Waals surface area (Å²) in [6.07, 6.45) is 0. The molecule has 2 aromatic rings. The molecule has 0 atom stereocenters. The molecule has 0 N–H and O–H groups in total. The van der Waals surface area contributed by atoms with Crippen LogP contribution < -0.4 is 19.4 Å². The van der Waals surface area contributed by atoms with Gasteiger partial charge in [0.1, 0.15) is 23.9 Å². The first-order valence-corrected chi connectivity index (χ1v) is 11.2. The van der Waals surface area contributed by atoms with Crippen LogP contribution in [0.1, 0.15) is 26.3 Å². The Kier molecular flexibility index (Phi) is 8.78. The Bertz CT molecular complexity index is 697. The van der Waals surface area contributed by atoms with Crippen molar-refractivity contribution in [2.45, 2.75) is 27.4 Å². The number of hydrogen-bond acceptors (Lipinski definition) is 6. The molecule has 0 aliphatic carbocycles. The molecule has 0 aliphatic rings. The van der Waals surface area contributed by atoms with E-state index < -0.39 is 8.80 Å². The topological polar surface area (TPSA) is 55.4 Å². The molecule has 0 saturated heterocycles. The van der Waals surface area contributed by atoms with E-state index in [4.69, 9.17) is 27.5 Å². The van der Waals surface area contributed by atoms with E-state index in [1.807, 2.05) is 63.2 Å². The molecule has 0 aliphatic heterocycles. The lowest BCUT2D eigenvalue weighted by Crippen LogP contribution is -2.57. The Labute approximate surface area is 168 Å². The van der Waals surface area contributed by atoms with Crippen LogP contribution in [0, 0.1) is 0 Å². The highest BCUT2D eigenvalue weighted by Gasteiger charge is 2.45. The van der Waals surface area contributed by atoms with Gasteiger partial charge in [-0.25, -0.2) is 0 Å². The van der Waals surface area contributed by atoms with Crippen LogP contribution in [-0.2, 0) is 19.9 Å². The van der Waals surface area contributed by atoms with Crippen molar-refractivity contribution in [3.63, 3.8) is 0 Å². The van der Waals surface area contributed by atoms with Gasteiger partial charge in [-0.3, -0.25) is 0 Å². The number of benzene rings is 2. The summed E-state index contributed by atoms with van der Waals surface area (Å²) in [6, 6.07) is 13.4. The fourth-order valence-corrected chi connectivity index (χ4v) is 5.50. The van der Waals surface area contributed by atoms with Crippen LogP contribution in [0.4, 0.5) is 0 Å². The summed E-state index contributed by atoms with van der Waals surface area (Å²) < 4.78 is 34.9. The van der Waals surface area contributed by atoms with Gasteiger partial charge in [0.2, 0.25) is 0 Å². The van der Waals surface area contributed by atoms with E-state index in [2.05, 4.69) is 0 Å². The van der Waals surface area contributed by atoms with E-state index in [0.29, 0.717) is 43.7 Å². The van der Waals surface area contributed by atoms with Gasteiger partial charge < -0.3 is 27.5 Å². The molecule has 0 fully saturated rings. The predicted molar refractivity (Wildman–Crippen MR) is 111 cm³/mol. The largest absolute Gasteiger partial charge is 0.541 e. The quantitative estimate of drug-likeness (QED) is 0.503. The van der Waals surface area contributed by atoms with Crippen LogP contribution in [0.3, 0.4) is 0 Å². The molecule has 6 nitrogen and oxygen atoms in total. The minimum Gasteiger partial charge on any atom is -0.497 e. The van der Waals surface area contributed by atoms with Crippen molar-refractivity contribution in [1.82, 2.24) is 0 Å². The van der Waals surface area contributed by atoms with Gasteiger partial charge in [-0.15, -0.1) is 0 Å². The van der Waals surface area contributed by atoms with Gasteiger partial charge in [0.25, 0.3) is 0 Å². The van der Waals surface area contributed by atoms with Crippen LogP contribution >= 0.6 is 0 Å². The van der Waals surface area contributed by atoms with Gasteiger partial charge in [0.05, 0.1) is 19.4 Å². The minimum absolute atomic E-state index is 0.347. The van der Waals surface area contributed by atoms with E-state index in [1.54, 1.807) is 14.2 Å². The second kappa shape index (κ2) is 11.1. The average Bonchev–Trinajstić information content (AvgIpc) is 2.72. The molecule has 2 rings (SSSR count). The third kappa shape index (κ3) is 5.48. The smallest absolute Gasteiger partial charge is 0.497 e. The van der Waals surface area contributed by atoms with E-state index in [9.17, 15) is 0 Å². The highest BCUT2D eigenvalue weighted by molar-refractivity contribution is 6.76. The van der Waals surface area contributed by atoms with Crippen molar-refractivity contribution in [3.05, 3.63) is 48.0 Å². The SMILES string of the molecule is CCO[Si](OCC)(OCC)c1ccccc1OCc1cc(OC)cc(OC)c1. The summed E-state index contributed by atoms with van der Waals surface area (Å²) >= 11 is 0. The normalized spacial score (nSPS) is 11.3. The van der Waals surface area contributed by atoms with E-state index in [1.165, 1.54) is 0 Å². The first-order valence-electron chi connectivity index (χ1n) is 9.48. The number of hydrogen-bond donors (Lipinski definition) is 0. The third-order valence-corrected chi connectivity index (χ3v) is 7.10. The van der Waals surface area contributed by atoms with Crippen LogP contribution in [0.25, 0.3) is 0 Å². The molecule has 0 saturated carbocycles. The Balaban J connectivity index is 2.32. The van der Waals surface area contributed by atoms with Crippen LogP contribution in [-0.4, -0.2) is 42.8 Å². The number of methoxy groups -OCH3 is 2. The zero-order chi connectivity index (χ0) is 20.4. The second-order valence-electron chi connectivity index (χ2n) is 5.86. The number of rotatable bonds is 12. The Morgan fingerprint density at radius 1 is 0.750 bits per heavy atom. The number of para-hydroxylation sites is 1. The summed E-state index contributed by atoms with van der Waals surface area (Å²) in [5, 5.41) is 0.829. The van der Waals surface area contributed by atoms with Gasteiger partial charge in [-0.1, -0.05) is 18.2 Å². The molecule has 7 heteroatoms. The maximum absolute atomic E-state index is 6.15. The lowest BCUT2D eigenvalue weighted by Gasteiger charge is -2.29. The Morgan fingerprint density at radius 2 is 1.29 bits per heavy atom. The van der Waals surface area contributed by atoms with Crippen molar-refractivity contribution in [3.8, 4) is 17.2 Å². The van der Waals surface area contributed by atoms with Crippen molar-refractivity contribution in [1.29, 1.82) is 0 Å². The van der Waals surface area contributed by atoms with Crippen LogP contribution in [0.15, 0.2) is 42.5 Å². The van der Waals surface area contributed by atoms with Crippen LogP contribution in [0.5, 0.6) is 17.2 Å². The fourth-order valence-electron chi connectivity index (χ4n) is 2.88. The summed E-state index contributed by atoms with van der Waals surface area (Å²) in [5.41, 5.74) is 0.933. The summed E-state index contributed by atoms with van der Waals surface area (Å²) in [4.78, 5) is 0. The molecule has 28 heavy (non-hydrogen) atoms. The first kappa shape index (κ1) is 22.2. The first-order chi connectivity index (χ1) is 13.6. The Hall–Kier alpha value is -2.06. The molecule has 0 radical (unpaired) electrons.